The Balaban J connectivity index is 1.51. The van der Waals surface area contributed by atoms with E-state index < -0.39 is 0 Å². The number of aromatic nitrogens is 2. The van der Waals surface area contributed by atoms with Crippen LogP contribution in [0.15, 0.2) is 41.9 Å². The van der Waals surface area contributed by atoms with Crippen LogP contribution in [0.5, 0.6) is 0 Å². The number of methoxy groups -OCH3 is 1. The molecule has 3 heterocycles. The lowest BCUT2D eigenvalue weighted by Crippen LogP contribution is -2.09. The van der Waals surface area contributed by atoms with Crippen LogP contribution in [0.2, 0.25) is 0 Å². The normalized spacial score (nSPS) is 19.7. The fourth-order valence-corrected chi connectivity index (χ4v) is 3.75. The van der Waals surface area contributed by atoms with E-state index in [2.05, 4.69) is 15.5 Å². The number of hydrogen-bond donors (Lipinski definition) is 2. The van der Waals surface area contributed by atoms with Crippen molar-refractivity contribution in [2.45, 2.75) is 13.0 Å². The van der Waals surface area contributed by atoms with E-state index in [0.29, 0.717) is 12.2 Å². The number of nitrogens with one attached hydrogen (secondary N) is 2. The molecule has 7 heteroatoms. The number of nitrogens with zero attached hydrogens (tertiary/aromatic N) is 1. The average molecular weight is 351 g/mol. The van der Waals surface area contributed by atoms with Gasteiger partial charge >= 0.3 is 5.97 Å². The smallest absolute Gasteiger partial charge is 0.337 e. The van der Waals surface area contributed by atoms with Gasteiger partial charge in [0.1, 0.15) is 18.1 Å². The molecule has 7 nitrogen and oxygen atoms in total. The number of allylic oxidation sites excluding steroid dienone is 2. The number of fused-ring (bicyclic) bond motifs is 4. The van der Waals surface area contributed by atoms with Crippen LogP contribution in [0, 0.1) is 5.92 Å². The van der Waals surface area contributed by atoms with Crippen molar-refractivity contribution in [3.8, 4) is 0 Å². The number of esters is 1. The second-order valence-electron chi connectivity index (χ2n) is 6.43. The fourth-order valence-electron chi connectivity index (χ4n) is 3.75. The molecule has 0 saturated carbocycles. The minimum Gasteiger partial charge on any atom is -0.497 e. The van der Waals surface area contributed by atoms with Crippen molar-refractivity contribution in [3.63, 3.8) is 0 Å². The van der Waals surface area contributed by atoms with Gasteiger partial charge in [0.05, 0.1) is 30.5 Å². The quantitative estimate of drug-likeness (QED) is 0.827. The highest BCUT2D eigenvalue weighted by Crippen LogP contribution is 2.49. The monoisotopic (exact) mass is 351 g/mol. The first-order valence-electron chi connectivity index (χ1n) is 8.49. The Kier molecular flexibility index (Phi) is 3.28. The molecular weight excluding hydrogens is 334 g/mol. The van der Waals surface area contributed by atoms with E-state index in [9.17, 15) is 4.79 Å². The predicted octanol–water partition coefficient (Wildman–Crippen LogP) is 3.12. The van der Waals surface area contributed by atoms with Crippen molar-refractivity contribution < 1.29 is 19.0 Å². The maximum absolute atomic E-state index is 11.8. The molecule has 5 rings (SSSR count). The van der Waals surface area contributed by atoms with E-state index >= 15 is 0 Å². The Morgan fingerprint density at radius 3 is 3.19 bits per heavy atom. The molecule has 2 N–H and O–H groups in total. The molecule has 1 atom stereocenters. The molecule has 0 bridgehead atoms. The highest BCUT2D eigenvalue weighted by Gasteiger charge is 2.40. The summed E-state index contributed by atoms with van der Waals surface area (Å²) in [5, 5.41) is 10.8. The molecule has 3 aliphatic rings. The molecule has 0 spiro atoms. The van der Waals surface area contributed by atoms with Crippen LogP contribution in [0.3, 0.4) is 0 Å². The third-order valence-corrected chi connectivity index (χ3v) is 4.93. The summed E-state index contributed by atoms with van der Waals surface area (Å²) in [5.74, 6) is 2.42. The van der Waals surface area contributed by atoms with E-state index in [1.165, 1.54) is 7.11 Å². The zero-order chi connectivity index (χ0) is 17.7. The van der Waals surface area contributed by atoms with E-state index in [1.807, 2.05) is 18.2 Å². The van der Waals surface area contributed by atoms with Gasteiger partial charge < -0.3 is 19.5 Å². The van der Waals surface area contributed by atoms with Gasteiger partial charge in [-0.25, -0.2) is 4.79 Å². The Hall–Kier alpha value is -3.22. The standard InChI is InChI=1S/C19H17N3O4/c1-24-19(23)10-3-2-4-11(7-10)20-18-17-13(21-22-18)9-26-15-8-14-12(16(15)17)5-6-25-14/h2-4,7-8,12H,5-6,9H2,1H3,(H2,20,21,22). The van der Waals surface area contributed by atoms with Gasteiger partial charge in [0, 0.05) is 23.3 Å². The predicted molar refractivity (Wildman–Crippen MR) is 93.5 cm³/mol. The molecular formula is C19H17N3O4. The molecule has 1 saturated heterocycles. The van der Waals surface area contributed by atoms with Crippen LogP contribution < -0.4 is 5.32 Å². The van der Waals surface area contributed by atoms with E-state index in [1.54, 1.807) is 12.1 Å². The molecule has 1 unspecified atom stereocenters. The van der Waals surface area contributed by atoms with Gasteiger partial charge in [0.25, 0.3) is 0 Å². The lowest BCUT2D eigenvalue weighted by Gasteiger charge is -2.20. The van der Waals surface area contributed by atoms with Crippen molar-refractivity contribution in [1.29, 1.82) is 0 Å². The maximum Gasteiger partial charge on any atom is 0.337 e. The van der Waals surface area contributed by atoms with Crippen molar-refractivity contribution in [2.24, 2.45) is 5.92 Å². The molecule has 26 heavy (non-hydrogen) atoms. The first-order chi connectivity index (χ1) is 12.7. The van der Waals surface area contributed by atoms with Gasteiger partial charge in [-0.05, 0) is 24.6 Å². The maximum atomic E-state index is 11.8. The largest absolute Gasteiger partial charge is 0.497 e. The molecule has 0 amide bonds. The summed E-state index contributed by atoms with van der Waals surface area (Å²) in [5.41, 5.74) is 4.36. The molecule has 1 aromatic heterocycles. The first-order valence-corrected chi connectivity index (χ1v) is 8.49. The lowest BCUT2D eigenvalue weighted by molar-refractivity contribution is 0.0601. The van der Waals surface area contributed by atoms with Crippen molar-refractivity contribution in [3.05, 3.63) is 58.7 Å². The molecule has 0 radical (unpaired) electrons. The van der Waals surface area contributed by atoms with Crippen LogP contribution in [0.4, 0.5) is 11.5 Å². The Bertz CT molecular complexity index is 973. The Morgan fingerprint density at radius 2 is 2.31 bits per heavy atom. The van der Waals surface area contributed by atoms with E-state index in [-0.39, 0.29) is 11.9 Å². The number of hydrogen-bond acceptors (Lipinski definition) is 6. The summed E-state index contributed by atoms with van der Waals surface area (Å²) >= 11 is 0. The third kappa shape index (κ3) is 2.20. The first kappa shape index (κ1) is 15.1. The summed E-state index contributed by atoms with van der Waals surface area (Å²) in [6, 6.07) is 7.16. The molecule has 1 aromatic carbocycles. The Labute approximate surface area is 149 Å². The number of H-pyrrole nitrogens is 1. The number of ether oxygens (including phenoxy) is 3. The minimum atomic E-state index is -0.371. The zero-order valence-corrected chi connectivity index (χ0v) is 14.2. The highest BCUT2D eigenvalue weighted by atomic mass is 16.5. The van der Waals surface area contributed by atoms with Gasteiger partial charge in [-0.2, -0.15) is 5.10 Å². The molecule has 132 valence electrons. The van der Waals surface area contributed by atoms with Crippen molar-refractivity contribution in [1.82, 2.24) is 10.2 Å². The average Bonchev–Trinajstić information content (AvgIpc) is 3.35. The molecule has 2 aliphatic heterocycles. The second kappa shape index (κ2) is 5.66. The number of anilines is 2. The number of carbonyl (C=O) groups is 1. The van der Waals surface area contributed by atoms with Crippen LogP contribution in [-0.4, -0.2) is 29.9 Å². The summed E-state index contributed by atoms with van der Waals surface area (Å²) in [4.78, 5) is 11.8. The van der Waals surface area contributed by atoms with Crippen molar-refractivity contribution >= 4 is 23.0 Å². The number of carbonyl (C=O) groups excluding carboxylic acids is 1. The van der Waals surface area contributed by atoms with Crippen LogP contribution in [0.25, 0.3) is 5.57 Å². The number of aromatic amines is 1. The summed E-state index contributed by atoms with van der Waals surface area (Å²) in [7, 11) is 1.37. The van der Waals surface area contributed by atoms with Gasteiger partial charge in [-0.15, -0.1) is 0 Å². The lowest BCUT2D eigenvalue weighted by atomic mass is 9.91. The van der Waals surface area contributed by atoms with Crippen molar-refractivity contribution in [2.75, 3.05) is 19.0 Å². The molecule has 2 aromatic rings. The van der Waals surface area contributed by atoms with Gasteiger partial charge in [-0.3, -0.25) is 5.10 Å². The topological polar surface area (TPSA) is 85.5 Å². The minimum absolute atomic E-state index is 0.226. The zero-order valence-electron chi connectivity index (χ0n) is 14.2. The van der Waals surface area contributed by atoms with E-state index in [0.717, 1.165) is 52.9 Å². The summed E-state index contributed by atoms with van der Waals surface area (Å²) < 4.78 is 16.4. The highest BCUT2D eigenvalue weighted by molar-refractivity contribution is 5.91. The van der Waals surface area contributed by atoms with E-state index in [4.69, 9.17) is 14.2 Å². The van der Waals surface area contributed by atoms with Gasteiger partial charge in [-0.1, -0.05) is 6.07 Å². The number of benzene rings is 1. The third-order valence-electron chi connectivity index (χ3n) is 4.93. The summed E-state index contributed by atoms with van der Waals surface area (Å²) in [6.07, 6.45) is 2.93. The SMILES string of the molecule is COC(=O)c1cccc(Nc2n[nH]c3c2C2=C(C=C4OCCC42)OC3)c1. The van der Waals surface area contributed by atoms with Gasteiger partial charge in [0.2, 0.25) is 0 Å². The Morgan fingerprint density at radius 1 is 1.38 bits per heavy atom. The number of rotatable bonds is 3. The molecule has 1 fully saturated rings. The van der Waals surface area contributed by atoms with Crippen LogP contribution >= 0.6 is 0 Å². The molecule has 1 aliphatic carbocycles. The van der Waals surface area contributed by atoms with Gasteiger partial charge in [0.15, 0.2) is 5.82 Å². The van der Waals surface area contributed by atoms with Crippen LogP contribution in [0.1, 0.15) is 28.0 Å². The van der Waals surface area contributed by atoms with Crippen LogP contribution in [-0.2, 0) is 20.8 Å². The summed E-state index contributed by atoms with van der Waals surface area (Å²) in [6.45, 7) is 1.17. The fraction of sp³-hybridized carbons (Fsp3) is 0.263. The second-order valence-corrected chi connectivity index (χ2v) is 6.43.